The molecule has 2 aromatic heterocycles. The summed E-state index contributed by atoms with van der Waals surface area (Å²) in [6.45, 7) is 7.80. The lowest BCUT2D eigenvalue weighted by Crippen LogP contribution is -2.51. The maximum atomic E-state index is 12.2. The fourth-order valence-corrected chi connectivity index (χ4v) is 2.61. The maximum absolute atomic E-state index is 12.2. The second kappa shape index (κ2) is 5.92. The van der Waals surface area contributed by atoms with Gasteiger partial charge < -0.3 is 11.1 Å². The highest BCUT2D eigenvalue weighted by molar-refractivity contribution is 5.85. The zero-order valence-corrected chi connectivity index (χ0v) is 13.5. The number of carbonyl (C=O) groups excluding carboxylic acids is 1. The summed E-state index contributed by atoms with van der Waals surface area (Å²) >= 11 is 0. The SMILES string of the molecule is CCCC(C)(N)C(=O)NCc1c(C)nc2cc(=O)[nH]n2c1C. The number of fused-ring (bicyclic) bond motifs is 1. The summed E-state index contributed by atoms with van der Waals surface area (Å²) in [5, 5.41) is 5.56. The molecule has 0 aliphatic carbocycles. The molecule has 7 heteroatoms. The highest BCUT2D eigenvalue weighted by Crippen LogP contribution is 2.14. The number of hydrogen-bond donors (Lipinski definition) is 3. The molecule has 120 valence electrons. The van der Waals surface area contributed by atoms with Crippen LogP contribution >= 0.6 is 0 Å². The van der Waals surface area contributed by atoms with E-state index in [0.29, 0.717) is 18.6 Å². The lowest BCUT2D eigenvalue weighted by atomic mass is 9.96. The number of aromatic amines is 1. The summed E-state index contributed by atoms with van der Waals surface area (Å²) in [6, 6.07) is 1.45. The van der Waals surface area contributed by atoms with E-state index in [9.17, 15) is 9.59 Å². The molecule has 2 aromatic rings. The third kappa shape index (κ3) is 3.04. The highest BCUT2D eigenvalue weighted by atomic mass is 16.2. The van der Waals surface area contributed by atoms with Gasteiger partial charge in [0.2, 0.25) is 5.91 Å². The van der Waals surface area contributed by atoms with Crippen LogP contribution in [0.4, 0.5) is 0 Å². The second-order valence-corrected chi connectivity index (χ2v) is 5.93. The van der Waals surface area contributed by atoms with Crippen molar-refractivity contribution in [1.82, 2.24) is 19.9 Å². The first kappa shape index (κ1) is 16.2. The molecule has 7 nitrogen and oxygen atoms in total. The first-order valence-electron chi connectivity index (χ1n) is 7.41. The van der Waals surface area contributed by atoms with Gasteiger partial charge in [0.1, 0.15) is 0 Å². The van der Waals surface area contributed by atoms with E-state index < -0.39 is 5.54 Å². The predicted molar refractivity (Wildman–Crippen MR) is 84.6 cm³/mol. The van der Waals surface area contributed by atoms with Crippen LogP contribution < -0.4 is 16.6 Å². The molecule has 0 saturated heterocycles. The van der Waals surface area contributed by atoms with Crippen LogP contribution in [0.5, 0.6) is 0 Å². The number of nitrogens with two attached hydrogens (primary N) is 1. The fraction of sp³-hybridized carbons (Fsp3) is 0.533. The van der Waals surface area contributed by atoms with Gasteiger partial charge in [-0.05, 0) is 27.2 Å². The lowest BCUT2D eigenvalue weighted by Gasteiger charge is -2.23. The average Bonchev–Trinajstić information content (AvgIpc) is 2.78. The Balaban J connectivity index is 2.25. The molecule has 0 bridgehead atoms. The predicted octanol–water partition coefficient (Wildman–Crippen LogP) is 0.773. The smallest absolute Gasteiger partial charge is 0.266 e. The summed E-state index contributed by atoms with van der Waals surface area (Å²) in [5.41, 5.74) is 8.02. The van der Waals surface area contributed by atoms with Gasteiger partial charge in [-0.3, -0.25) is 14.7 Å². The normalized spacial score (nSPS) is 14.0. The van der Waals surface area contributed by atoms with E-state index in [-0.39, 0.29) is 11.5 Å². The Kier molecular flexibility index (Phi) is 4.37. The van der Waals surface area contributed by atoms with Crippen molar-refractivity contribution in [2.75, 3.05) is 0 Å². The first-order chi connectivity index (χ1) is 10.3. The number of rotatable bonds is 5. The molecule has 0 spiro atoms. The first-order valence-corrected chi connectivity index (χ1v) is 7.41. The lowest BCUT2D eigenvalue weighted by molar-refractivity contribution is -0.126. The van der Waals surface area contributed by atoms with Gasteiger partial charge in [0, 0.05) is 29.6 Å². The summed E-state index contributed by atoms with van der Waals surface area (Å²) in [5.74, 6) is -0.186. The van der Waals surface area contributed by atoms with E-state index in [1.807, 2.05) is 20.8 Å². The van der Waals surface area contributed by atoms with Crippen LogP contribution in [0, 0.1) is 13.8 Å². The Morgan fingerprint density at radius 1 is 1.50 bits per heavy atom. The van der Waals surface area contributed by atoms with Crippen molar-refractivity contribution in [3.05, 3.63) is 33.4 Å². The van der Waals surface area contributed by atoms with E-state index in [1.165, 1.54) is 6.07 Å². The largest absolute Gasteiger partial charge is 0.350 e. The van der Waals surface area contributed by atoms with Gasteiger partial charge in [0.15, 0.2) is 5.65 Å². The van der Waals surface area contributed by atoms with Crippen molar-refractivity contribution in [1.29, 1.82) is 0 Å². The Morgan fingerprint density at radius 3 is 2.82 bits per heavy atom. The van der Waals surface area contributed by atoms with Gasteiger partial charge in [-0.25, -0.2) is 9.50 Å². The molecule has 22 heavy (non-hydrogen) atoms. The van der Waals surface area contributed by atoms with Crippen LogP contribution in [0.1, 0.15) is 43.6 Å². The van der Waals surface area contributed by atoms with Crippen LogP contribution in [-0.4, -0.2) is 26.0 Å². The molecule has 0 fully saturated rings. The van der Waals surface area contributed by atoms with Crippen molar-refractivity contribution in [2.45, 2.75) is 52.6 Å². The molecule has 2 rings (SSSR count). The molecular formula is C15H23N5O2. The quantitative estimate of drug-likeness (QED) is 0.758. The number of carbonyl (C=O) groups is 1. The third-order valence-corrected chi connectivity index (χ3v) is 3.92. The molecule has 0 aromatic carbocycles. The van der Waals surface area contributed by atoms with Gasteiger partial charge in [-0.2, -0.15) is 0 Å². The molecule has 1 unspecified atom stereocenters. The van der Waals surface area contributed by atoms with E-state index >= 15 is 0 Å². The number of aryl methyl sites for hydroxylation is 2. The Labute approximate surface area is 128 Å². The topological polar surface area (TPSA) is 105 Å². The number of amides is 1. The van der Waals surface area contributed by atoms with E-state index in [0.717, 1.165) is 23.4 Å². The second-order valence-electron chi connectivity index (χ2n) is 5.93. The van der Waals surface area contributed by atoms with Crippen LogP contribution in [0.15, 0.2) is 10.9 Å². The summed E-state index contributed by atoms with van der Waals surface area (Å²) in [4.78, 5) is 28.0. The molecule has 0 aliphatic rings. The number of aromatic nitrogens is 3. The minimum Gasteiger partial charge on any atom is -0.350 e. The molecule has 1 amide bonds. The Bertz CT molecular complexity index is 757. The number of H-pyrrole nitrogens is 1. The monoisotopic (exact) mass is 305 g/mol. The molecule has 2 heterocycles. The van der Waals surface area contributed by atoms with Crippen molar-refractivity contribution >= 4 is 11.6 Å². The van der Waals surface area contributed by atoms with Gasteiger partial charge in [-0.15, -0.1) is 0 Å². The van der Waals surface area contributed by atoms with Crippen molar-refractivity contribution in [2.24, 2.45) is 5.73 Å². The number of hydrogen-bond acceptors (Lipinski definition) is 4. The minimum atomic E-state index is -0.879. The molecular weight excluding hydrogens is 282 g/mol. The molecule has 4 N–H and O–H groups in total. The summed E-state index contributed by atoms with van der Waals surface area (Å²) < 4.78 is 1.63. The van der Waals surface area contributed by atoms with Crippen LogP contribution in [-0.2, 0) is 11.3 Å². The standard InChI is InChI=1S/C15H23N5O2/c1-5-6-15(4,16)14(22)17-8-11-9(2)18-12-7-13(21)19-20(12)10(11)3/h7H,5-6,8,16H2,1-4H3,(H,17,22)(H,19,21). The molecule has 1 atom stereocenters. The molecule has 0 radical (unpaired) electrons. The van der Waals surface area contributed by atoms with Crippen LogP contribution in [0.3, 0.4) is 0 Å². The van der Waals surface area contributed by atoms with Crippen LogP contribution in [0.25, 0.3) is 5.65 Å². The van der Waals surface area contributed by atoms with Crippen molar-refractivity contribution < 1.29 is 4.79 Å². The number of nitrogens with one attached hydrogen (secondary N) is 2. The van der Waals surface area contributed by atoms with Crippen molar-refractivity contribution in [3.63, 3.8) is 0 Å². The van der Waals surface area contributed by atoms with Gasteiger partial charge in [-0.1, -0.05) is 13.3 Å². The van der Waals surface area contributed by atoms with Crippen molar-refractivity contribution in [3.8, 4) is 0 Å². The maximum Gasteiger partial charge on any atom is 0.266 e. The van der Waals surface area contributed by atoms with Gasteiger partial charge in [0.05, 0.1) is 5.54 Å². The fourth-order valence-electron chi connectivity index (χ4n) is 2.61. The summed E-state index contributed by atoms with van der Waals surface area (Å²) in [6.07, 6.45) is 1.47. The third-order valence-electron chi connectivity index (χ3n) is 3.92. The molecule has 0 aliphatic heterocycles. The number of nitrogens with zero attached hydrogens (tertiary/aromatic N) is 2. The highest BCUT2D eigenvalue weighted by Gasteiger charge is 2.27. The van der Waals surface area contributed by atoms with Crippen LogP contribution in [0.2, 0.25) is 0 Å². The Morgan fingerprint density at radius 2 is 2.18 bits per heavy atom. The average molecular weight is 305 g/mol. The van der Waals surface area contributed by atoms with E-state index in [4.69, 9.17) is 5.73 Å². The summed E-state index contributed by atoms with van der Waals surface area (Å²) in [7, 11) is 0. The zero-order chi connectivity index (χ0) is 16.5. The minimum absolute atomic E-state index is 0.186. The van der Waals surface area contributed by atoms with Gasteiger partial charge in [0.25, 0.3) is 5.56 Å². The van der Waals surface area contributed by atoms with E-state index in [1.54, 1.807) is 11.4 Å². The molecule has 0 saturated carbocycles. The van der Waals surface area contributed by atoms with Gasteiger partial charge >= 0.3 is 0 Å². The zero-order valence-electron chi connectivity index (χ0n) is 13.5. The Hall–Kier alpha value is -2.15. The van der Waals surface area contributed by atoms with E-state index in [2.05, 4.69) is 15.4 Å².